The second-order valence-electron chi connectivity index (χ2n) is 4.17. The molecular weight excluding hydrogens is 264 g/mol. The number of halogens is 1. The standard InChI is InChI=1S/C15H13ClO3/c1-10-4-2-3-5-14(10)19-9-11-6-7-12(15(17)18)13(16)8-11/h2-8H,9H2,1H3,(H,17,18). The SMILES string of the molecule is Cc1ccccc1OCc1ccc(C(=O)O)c(Cl)c1. The molecule has 0 heterocycles. The summed E-state index contributed by atoms with van der Waals surface area (Å²) in [6.45, 7) is 2.32. The van der Waals surface area contributed by atoms with E-state index in [0.717, 1.165) is 16.9 Å². The molecule has 0 unspecified atom stereocenters. The van der Waals surface area contributed by atoms with E-state index in [1.54, 1.807) is 12.1 Å². The number of aromatic carboxylic acids is 1. The third-order valence-electron chi connectivity index (χ3n) is 2.75. The summed E-state index contributed by atoms with van der Waals surface area (Å²) >= 11 is 5.90. The summed E-state index contributed by atoms with van der Waals surface area (Å²) in [4.78, 5) is 10.8. The predicted molar refractivity (Wildman–Crippen MR) is 73.9 cm³/mol. The van der Waals surface area contributed by atoms with Crippen molar-refractivity contribution in [2.24, 2.45) is 0 Å². The molecular formula is C15H13ClO3. The van der Waals surface area contributed by atoms with Gasteiger partial charge in [0.05, 0.1) is 10.6 Å². The molecule has 98 valence electrons. The quantitative estimate of drug-likeness (QED) is 0.920. The van der Waals surface area contributed by atoms with Crippen LogP contribution in [0.1, 0.15) is 21.5 Å². The largest absolute Gasteiger partial charge is 0.489 e. The Balaban J connectivity index is 2.11. The van der Waals surface area contributed by atoms with Crippen LogP contribution in [0.4, 0.5) is 0 Å². The fourth-order valence-electron chi connectivity index (χ4n) is 1.70. The number of hydrogen-bond acceptors (Lipinski definition) is 2. The molecule has 0 spiro atoms. The lowest BCUT2D eigenvalue weighted by atomic mass is 10.1. The van der Waals surface area contributed by atoms with Gasteiger partial charge in [-0.1, -0.05) is 35.9 Å². The number of benzene rings is 2. The predicted octanol–water partition coefficient (Wildman–Crippen LogP) is 3.93. The smallest absolute Gasteiger partial charge is 0.337 e. The Morgan fingerprint density at radius 2 is 2.00 bits per heavy atom. The van der Waals surface area contributed by atoms with Gasteiger partial charge >= 0.3 is 5.97 Å². The minimum absolute atomic E-state index is 0.0984. The Labute approximate surface area is 116 Å². The van der Waals surface area contributed by atoms with Crippen molar-refractivity contribution in [2.45, 2.75) is 13.5 Å². The van der Waals surface area contributed by atoms with Gasteiger partial charge in [0.15, 0.2) is 0 Å². The van der Waals surface area contributed by atoms with Crippen molar-refractivity contribution in [3.05, 3.63) is 64.2 Å². The molecule has 0 fully saturated rings. The Kier molecular flexibility index (Phi) is 4.07. The first kappa shape index (κ1) is 13.4. The van der Waals surface area contributed by atoms with Gasteiger partial charge in [0, 0.05) is 0 Å². The zero-order valence-corrected chi connectivity index (χ0v) is 11.1. The number of ether oxygens (including phenoxy) is 1. The second kappa shape index (κ2) is 5.76. The van der Waals surface area contributed by atoms with Crippen molar-refractivity contribution in [3.63, 3.8) is 0 Å². The Hall–Kier alpha value is -2.00. The normalized spacial score (nSPS) is 10.2. The molecule has 0 aliphatic rings. The van der Waals surface area contributed by atoms with E-state index in [-0.39, 0.29) is 10.6 Å². The van der Waals surface area contributed by atoms with E-state index in [2.05, 4.69) is 0 Å². The van der Waals surface area contributed by atoms with Crippen LogP contribution in [0.5, 0.6) is 5.75 Å². The Morgan fingerprint density at radius 1 is 1.26 bits per heavy atom. The van der Waals surface area contributed by atoms with Crippen LogP contribution >= 0.6 is 11.6 Å². The van der Waals surface area contributed by atoms with Crippen LogP contribution in [-0.4, -0.2) is 11.1 Å². The molecule has 2 aromatic carbocycles. The third-order valence-corrected chi connectivity index (χ3v) is 3.06. The van der Waals surface area contributed by atoms with Crippen molar-refractivity contribution in [2.75, 3.05) is 0 Å². The number of para-hydroxylation sites is 1. The Bertz CT molecular complexity index is 608. The van der Waals surface area contributed by atoms with Gasteiger partial charge in [0.25, 0.3) is 0 Å². The maximum atomic E-state index is 10.8. The highest BCUT2D eigenvalue weighted by Gasteiger charge is 2.09. The topological polar surface area (TPSA) is 46.5 Å². The average Bonchev–Trinajstić information content (AvgIpc) is 2.37. The first-order valence-electron chi connectivity index (χ1n) is 5.78. The maximum Gasteiger partial charge on any atom is 0.337 e. The highest BCUT2D eigenvalue weighted by molar-refractivity contribution is 6.33. The lowest BCUT2D eigenvalue weighted by Crippen LogP contribution is -2.01. The van der Waals surface area contributed by atoms with Gasteiger partial charge in [-0.2, -0.15) is 0 Å². The molecule has 0 aromatic heterocycles. The van der Waals surface area contributed by atoms with Gasteiger partial charge in [-0.25, -0.2) is 4.79 Å². The van der Waals surface area contributed by atoms with Crippen molar-refractivity contribution in [1.29, 1.82) is 0 Å². The first-order chi connectivity index (χ1) is 9.08. The van der Waals surface area contributed by atoms with Crippen molar-refractivity contribution >= 4 is 17.6 Å². The van der Waals surface area contributed by atoms with E-state index in [4.69, 9.17) is 21.4 Å². The lowest BCUT2D eigenvalue weighted by Gasteiger charge is -2.09. The minimum Gasteiger partial charge on any atom is -0.489 e. The summed E-state index contributed by atoms with van der Waals surface area (Å²) in [5.41, 5.74) is 1.98. The molecule has 2 rings (SSSR count). The number of carboxylic acid groups (broad SMARTS) is 1. The highest BCUT2D eigenvalue weighted by atomic mass is 35.5. The maximum absolute atomic E-state index is 10.8. The molecule has 4 heteroatoms. The van der Waals surface area contributed by atoms with Crippen molar-refractivity contribution < 1.29 is 14.6 Å². The van der Waals surface area contributed by atoms with Gasteiger partial charge in [0.2, 0.25) is 0 Å². The van der Waals surface area contributed by atoms with Crippen molar-refractivity contribution in [1.82, 2.24) is 0 Å². The van der Waals surface area contributed by atoms with E-state index in [9.17, 15) is 4.79 Å². The van der Waals surface area contributed by atoms with Crippen LogP contribution in [0.3, 0.4) is 0 Å². The number of hydrogen-bond donors (Lipinski definition) is 1. The molecule has 0 saturated heterocycles. The zero-order chi connectivity index (χ0) is 13.8. The van der Waals surface area contributed by atoms with Crippen molar-refractivity contribution in [3.8, 4) is 5.75 Å². The fraction of sp³-hybridized carbons (Fsp3) is 0.133. The van der Waals surface area contributed by atoms with E-state index in [1.165, 1.54) is 6.07 Å². The van der Waals surface area contributed by atoms with Crippen LogP contribution in [0.2, 0.25) is 5.02 Å². The lowest BCUT2D eigenvalue weighted by molar-refractivity contribution is 0.0697. The van der Waals surface area contributed by atoms with Crippen LogP contribution in [0.25, 0.3) is 0 Å². The molecule has 0 atom stereocenters. The van der Waals surface area contributed by atoms with E-state index in [1.807, 2.05) is 31.2 Å². The molecule has 1 N–H and O–H groups in total. The summed E-state index contributed by atoms with van der Waals surface area (Å²) in [6.07, 6.45) is 0. The number of carboxylic acids is 1. The van der Waals surface area contributed by atoms with Gasteiger partial charge in [-0.05, 0) is 36.2 Å². The van der Waals surface area contributed by atoms with Crippen LogP contribution < -0.4 is 4.74 Å². The number of aryl methyl sites for hydroxylation is 1. The summed E-state index contributed by atoms with van der Waals surface area (Å²) in [7, 11) is 0. The molecule has 0 aliphatic carbocycles. The highest BCUT2D eigenvalue weighted by Crippen LogP contribution is 2.21. The minimum atomic E-state index is -1.03. The first-order valence-corrected chi connectivity index (χ1v) is 6.16. The van der Waals surface area contributed by atoms with Gasteiger partial charge in [-0.15, -0.1) is 0 Å². The molecule has 0 radical (unpaired) electrons. The third kappa shape index (κ3) is 3.26. The molecule has 0 aliphatic heterocycles. The van der Waals surface area contributed by atoms with Gasteiger partial charge in [0.1, 0.15) is 12.4 Å². The molecule has 3 nitrogen and oxygen atoms in total. The summed E-state index contributed by atoms with van der Waals surface area (Å²) in [5, 5.41) is 9.11. The molecule has 19 heavy (non-hydrogen) atoms. The van der Waals surface area contributed by atoms with Crippen LogP contribution in [0, 0.1) is 6.92 Å². The van der Waals surface area contributed by atoms with E-state index in [0.29, 0.717) is 6.61 Å². The summed E-state index contributed by atoms with van der Waals surface area (Å²) in [5.74, 6) is -0.225. The number of carbonyl (C=O) groups is 1. The molecule has 0 saturated carbocycles. The fourth-order valence-corrected chi connectivity index (χ4v) is 1.99. The molecule has 0 bridgehead atoms. The zero-order valence-electron chi connectivity index (χ0n) is 10.4. The van der Waals surface area contributed by atoms with E-state index >= 15 is 0 Å². The summed E-state index contributed by atoms with van der Waals surface area (Å²) < 4.78 is 5.67. The van der Waals surface area contributed by atoms with Gasteiger partial charge < -0.3 is 9.84 Å². The summed E-state index contributed by atoms with van der Waals surface area (Å²) in [6, 6.07) is 12.5. The second-order valence-corrected chi connectivity index (χ2v) is 4.58. The number of rotatable bonds is 4. The molecule has 2 aromatic rings. The van der Waals surface area contributed by atoms with Crippen LogP contribution in [-0.2, 0) is 6.61 Å². The van der Waals surface area contributed by atoms with Crippen LogP contribution in [0.15, 0.2) is 42.5 Å². The monoisotopic (exact) mass is 276 g/mol. The van der Waals surface area contributed by atoms with Gasteiger partial charge in [-0.3, -0.25) is 0 Å². The molecule has 0 amide bonds. The Morgan fingerprint density at radius 3 is 2.63 bits per heavy atom. The average molecular weight is 277 g/mol. The van der Waals surface area contributed by atoms with E-state index < -0.39 is 5.97 Å².